The van der Waals surface area contributed by atoms with E-state index in [-0.39, 0.29) is 24.0 Å². The van der Waals surface area contributed by atoms with Crippen molar-refractivity contribution in [1.29, 1.82) is 0 Å². The third-order valence-electron chi connectivity index (χ3n) is 3.83. The van der Waals surface area contributed by atoms with E-state index in [1.807, 2.05) is 6.92 Å². The summed E-state index contributed by atoms with van der Waals surface area (Å²) in [6, 6.07) is 3.87. The van der Waals surface area contributed by atoms with E-state index in [0.29, 0.717) is 17.0 Å². The van der Waals surface area contributed by atoms with Crippen LogP contribution in [0.2, 0.25) is 0 Å². The molecule has 0 radical (unpaired) electrons. The molecule has 0 aliphatic carbocycles. The molecular weight excluding hydrogens is 348 g/mol. The molecule has 3 nitrogen and oxygen atoms in total. The van der Waals surface area contributed by atoms with Crippen molar-refractivity contribution in [3.05, 3.63) is 41.9 Å². The SMILES string of the molecule is CC(C)C[C@H](C)COc1ncc(-c2ccnc(C(F)F)c2)cc1C(F)F. The smallest absolute Gasteiger partial charge is 0.280 e. The van der Waals surface area contributed by atoms with Crippen LogP contribution in [-0.4, -0.2) is 16.6 Å². The van der Waals surface area contributed by atoms with Crippen LogP contribution in [0.3, 0.4) is 0 Å². The van der Waals surface area contributed by atoms with Gasteiger partial charge in [0.25, 0.3) is 12.9 Å². The normalized spacial score (nSPS) is 12.8. The van der Waals surface area contributed by atoms with Crippen LogP contribution in [-0.2, 0) is 0 Å². The average molecular weight is 370 g/mol. The van der Waals surface area contributed by atoms with Crippen molar-refractivity contribution in [2.75, 3.05) is 6.61 Å². The van der Waals surface area contributed by atoms with Crippen LogP contribution in [0.25, 0.3) is 11.1 Å². The molecule has 0 unspecified atom stereocenters. The Hall–Kier alpha value is -2.18. The fourth-order valence-corrected chi connectivity index (χ4v) is 2.75. The molecule has 1 atom stereocenters. The van der Waals surface area contributed by atoms with E-state index in [2.05, 4.69) is 23.8 Å². The minimum Gasteiger partial charge on any atom is -0.477 e. The Morgan fingerprint density at radius 3 is 2.31 bits per heavy atom. The molecule has 0 amide bonds. The van der Waals surface area contributed by atoms with Gasteiger partial charge in [-0.25, -0.2) is 22.5 Å². The second-order valence-electron chi connectivity index (χ2n) is 6.73. The number of ether oxygens (including phenoxy) is 1. The lowest BCUT2D eigenvalue weighted by Gasteiger charge is -2.16. The highest BCUT2D eigenvalue weighted by Crippen LogP contribution is 2.32. The number of rotatable bonds is 8. The maximum Gasteiger partial charge on any atom is 0.280 e. The highest BCUT2D eigenvalue weighted by atomic mass is 19.3. The standard InChI is InChI=1S/C19H22F4N2O/c1-11(2)6-12(3)10-26-19-15(17(20)21)7-14(9-25-19)13-4-5-24-16(8-13)18(22)23/h4-5,7-9,11-12,17-18H,6,10H2,1-3H3/t12-/m0/s1. The summed E-state index contributed by atoms with van der Waals surface area (Å²) < 4.78 is 57.9. The van der Waals surface area contributed by atoms with E-state index in [1.165, 1.54) is 30.6 Å². The molecule has 142 valence electrons. The fraction of sp³-hybridized carbons (Fsp3) is 0.474. The molecule has 0 spiro atoms. The number of nitrogens with zero attached hydrogens (tertiary/aromatic N) is 2. The average Bonchev–Trinajstić information content (AvgIpc) is 2.59. The van der Waals surface area contributed by atoms with Gasteiger partial charge in [0.15, 0.2) is 0 Å². The number of halogens is 4. The minimum absolute atomic E-state index is 0.123. The van der Waals surface area contributed by atoms with Crippen molar-refractivity contribution in [1.82, 2.24) is 9.97 Å². The van der Waals surface area contributed by atoms with Crippen molar-refractivity contribution in [2.45, 2.75) is 40.0 Å². The first-order valence-electron chi connectivity index (χ1n) is 8.43. The lowest BCUT2D eigenvalue weighted by atomic mass is 10.00. The maximum absolute atomic E-state index is 13.4. The van der Waals surface area contributed by atoms with Crippen LogP contribution in [0.1, 0.15) is 51.3 Å². The van der Waals surface area contributed by atoms with E-state index in [9.17, 15) is 17.6 Å². The summed E-state index contributed by atoms with van der Waals surface area (Å²) in [6.45, 7) is 6.43. The molecule has 0 saturated carbocycles. The van der Waals surface area contributed by atoms with Gasteiger partial charge in [-0.15, -0.1) is 0 Å². The van der Waals surface area contributed by atoms with Crippen molar-refractivity contribution >= 4 is 0 Å². The van der Waals surface area contributed by atoms with Gasteiger partial charge < -0.3 is 4.74 Å². The Kier molecular flexibility index (Phi) is 6.94. The third-order valence-corrected chi connectivity index (χ3v) is 3.83. The summed E-state index contributed by atoms with van der Waals surface area (Å²) in [5.74, 6) is 0.563. The van der Waals surface area contributed by atoms with E-state index >= 15 is 0 Å². The molecular formula is C19H22F4N2O. The second-order valence-corrected chi connectivity index (χ2v) is 6.73. The van der Waals surface area contributed by atoms with E-state index in [0.717, 1.165) is 6.42 Å². The number of pyridine rings is 2. The third kappa shape index (κ3) is 5.41. The molecule has 2 rings (SSSR count). The van der Waals surface area contributed by atoms with Crippen LogP contribution in [0.15, 0.2) is 30.6 Å². The van der Waals surface area contributed by atoms with E-state index < -0.39 is 18.5 Å². The summed E-state index contributed by atoms with van der Waals surface area (Å²) >= 11 is 0. The van der Waals surface area contributed by atoms with Gasteiger partial charge in [0.1, 0.15) is 5.69 Å². The van der Waals surface area contributed by atoms with Crippen molar-refractivity contribution < 1.29 is 22.3 Å². The van der Waals surface area contributed by atoms with Gasteiger partial charge in [0, 0.05) is 18.0 Å². The number of hydrogen-bond donors (Lipinski definition) is 0. The quantitative estimate of drug-likeness (QED) is 0.528. The Morgan fingerprint density at radius 1 is 0.962 bits per heavy atom. The van der Waals surface area contributed by atoms with Crippen LogP contribution in [0, 0.1) is 11.8 Å². The molecule has 0 aliphatic heterocycles. The maximum atomic E-state index is 13.4. The molecule has 0 bridgehead atoms. The summed E-state index contributed by atoms with van der Waals surface area (Å²) in [7, 11) is 0. The van der Waals surface area contributed by atoms with Gasteiger partial charge in [-0.1, -0.05) is 20.8 Å². The molecule has 7 heteroatoms. The molecule has 26 heavy (non-hydrogen) atoms. The Balaban J connectivity index is 2.24. The molecule has 2 heterocycles. The predicted molar refractivity (Wildman–Crippen MR) is 91.5 cm³/mol. The van der Waals surface area contributed by atoms with Crippen molar-refractivity contribution in [2.24, 2.45) is 11.8 Å². The van der Waals surface area contributed by atoms with Crippen LogP contribution in [0.5, 0.6) is 5.88 Å². The number of hydrogen-bond acceptors (Lipinski definition) is 3. The largest absolute Gasteiger partial charge is 0.477 e. The summed E-state index contributed by atoms with van der Waals surface area (Å²) in [5, 5.41) is 0. The molecule has 0 saturated heterocycles. The first-order chi connectivity index (χ1) is 12.3. The Bertz CT molecular complexity index is 722. The second kappa shape index (κ2) is 8.96. The molecule has 2 aromatic heterocycles. The van der Waals surface area contributed by atoms with Gasteiger partial charge in [-0.2, -0.15) is 0 Å². The fourth-order valence-electron chi connectivity index (χ4n) is 2.75. The number of alkyl halides is 4. The Labute approximate surface area is 150 Å². The lowest BCUT2D eigenvalue weighted by molar-refractivity contribution is 0.140. The topological polar surface area (TPSA) is 35.0 Å². The highest BCUT2D eigenvalue weighted by molar-refractivity contribution is 5.64. The van der Waals surface area contributed by atoms with Crippen LogP contribution >= 0.6 is 0 Å². The zero-order valence-corrected chi connectivity index (χ0v) is 14.9. The van der Waals surface area contributed by atoms with E-state index in [1.54, 1.807) is 0 Å². The Morgan fingerprint density at radius 2 is 1.69 bits per heavy atom. The minimum atomic E-state index is -2.78. The summed E-state index contributed by atoms with van der Waals surface area (Å²) in [6.07, 6.45) is -2.04. The van der Waals surface area contributed by atoms with E-state index in [4.69, 9.17) is 4.74 Å². The van der Waals surface area contributed by atoms with Crippen LogP contribution < -0.4 is 4.74 Å². The molecule has 0 N–H and O–H groups in total. The lowest BCUT2D eigenvalue weighted by Crippen LogP contribution is -2.12. The van der Waals surface area contributed by atoms with Gasteiger partial charge in [-0.3, -0.25) is 4.98 Å². The monoisotopic (exact) mass is 370 g/mol. The van der Waals surface area contributed by atoms with Gasteiger partial charge in [-0.05, 0) is 42.0 Å². The first kappa shape index (κ1) is 20.1. The zero-order valence-electron chi connectivity index (χ0n) is 14.9. The predicted octanol–water partition coefficient (Wildman–Crippen LogP) is 6.08. The van der Waals surface area contributed by atoms with Crippen LogP contribution in [0.4, 0.5) is 17.6 Å². The first-order valence-corrected chi connectivity index (χ1v) is 8.43. The van der Waals surface area contributed by atoms with Crippen molar-refractivity contribution in [3.8, 4) is 17.0 Å². The zero-order chi connectivity index (χ0) is 19.3. The number of aromatic nitrogens is 2. The van der Waals surface area contributed by atoms with Crippen molar-refractivity contribution in [3.63, 3.8) is 0 Å². The van der Waals surface area contributed by atoms with Gasteiger partial charge >= 0.3 is 0 Å². The summed E-state index contributed by atoms with van der Waals surface area (Å²) in [4.78, 5) is 7.56. The molecule has 0 aliphatic rings. The van der Waals surface area contributed by atoms with Gasteiger partial charge in [0.05, 0.1) is 12.2 Å². The summed E-state index contributed by atoms with van der Waals surface area (Å²) in [5.41, 5.74) is -0.102. The molecule has 0 fully saturated rings. The molecule has 2 aromatic rings. The van der Waals surface area contributed by atoms with Gasteiger partial charge in [0.2, 0.25) is 5.88 Å². The molecule has 0 aromatic carbocycles. The highest BCUT2D eigenvalue weighted by Gasteiger charge is 2.19.